The van der Waals surface area contributed by atoms with Crippen LogP contribution >= 0.6 is 35.1 Å². The van der Waals surface area contributed by atoms with Crippen LogP contribution in [-0.4, -0.2) is 47.3 Å². The number of aromatic nitrogens is 1. The fourth-order valence-corrected chi connectivity index (χ4v) is 6.26. The Hall–Kier alpha value is -2.04. The van der Waals surface area contributed by atoms with E-state index in [2.05, 4.69) is 22.7 Å². The maximum Gasteiger partial charge on any atom is 0.155 e. The van der Waals surface area contributed by atoms with Gasteiger partial charge < -0.3 is 14.0 Å². The van der Waals surface area contributed by atoms with Crippen LogP contribution in [0.1, 0.15) is 18.4 Å². The molecule has 1 aliphatic heterocycles. The standard InChI is InChI=1S/C25H25Cl2N3O2S/c1-33-29-15-25(16-29)11-17(12-25)14-32-21-2-3-23-18(9-21)4-6-30(23)20-8-19(13-28)24(22(27)10-20)31-7-5-26/h2-4,6,8-10,17H,5,7,11-12,14-16H2,1H3. The molecule has 0 bridgehead atoms. The molecular weight excluding hydrogens is 477 g/mol. The van der Waals surface area contributed by atoms with E-state index in [4.69, 9.17) is 32.7 Å². The summed E-state index contributed by atoms with van der Waals surface area (Å²) in [4.78, 5) is 0. The van der Waals surface area contributed by atoms with Crippen LogP contribution in [0.15, 0.2) is 42.6 Å². The molecule has 1 saturated heterocycles. The van der Waals surface area contributed by atoms with E-state index in [1.807, 2.05) is 40.9 Å². The first-order chi connectivity index (χ1) is 16.0. The monoisotopic (exact) mass is 501 g/mol. The maximum absolute atomic E-state index is 9.57. The number of fused-ring (bicyclic) bond motifs is 1. The molecule has 1 saturated carbocycles. The van der Waals surface area contributed by atoms with Gasteiger partial charge >= 0.3 is 0 Å². The Labute approximate surface area is 208 Å². The molecule has 1 aromatic heterocycles. The van der Waals surface area contributed by atoms with Gasteiger partial charge in [0.2, 0.25) is 0 Å². The minimum atomic E-state index is 0.294. The fraction of sp³-hybridized carbons (Fsp3) is 0.400. The van der Waals surface area contributed by atoms with Crippen LogP contribution in [-0.2, 0) is 0 Å². The maximum atomic E-state index is 9.57. The molecule has 2 aromatic carbocycles. The Morgan fingerprint density at radius 3 is 2.73 bits per heavy atom. The van der Waals surface area contributed by atoms with Crippen molar-refractivity contribution in [3.05, 3.63) is 53.2 Å². The molecule has 2 heterocycles. The third-order valence-corrected chi connectivity index (χ3v) is 7.83. The molecule has 2 aliphatic rings. The summed E-state index contributed by atoms with van der Waals surface area (Å²) in [5, 5.41) is 11.0. The van der Waals surface area contributed by atoms with E-state index in [1.165, 1.54) is 25.9 Å². The first-order valence-electron chi connectivity index (χ1n) is 11.0. The molecule has 0 unspecified atom stereocenters. The molecule has 1 aliphatic carbocycles. The van der Waals surface area contributed by atoms with Gasteiger partial charge in [0.25, 0.3) is 0 Å². The Morgan fingerprint density at radius 1 is 1.18 bits per heavy atom. The predicted molar refractivity (Wildman–Crippen MR) is 135 cm³/mol. The summed E-state index contributed by atoms with van der Waals surface area (Å²) >= 11 is 14.0. The first kappa shape index (κ1) is 22.7. The molecule has 5 rings (SSSR count). The first-order valence-corrected chi connectivity index (χ1v) is 13.1. The van der Waals surface area contributed by atoms with E-state index in [-0.39, 0.29) is 0 Å². The van der Waals surface area contributed by atoms with Gasteiger partial charge in [-0.1, -0.05) is 23.5 Å². The SMILES string of the molecule is CSN1CC2(CC(COc3ccc4c(ccn4-c4cc(Cl)c(OCCCl)c(C#N)c4)c3)C2)C1. The summed E-state index contributed by atoms with van der Waals surface area (Å²) in [5.74, 6) is 2.24. The molecule has 8 heteroatoms. The van der Waals surface area contributed by atoms with Crippen LogP contribution in [0.4, 0.5) is 0 Å². The highest BCUT2D eigenvalue weighted by Crippen LogP contribution is 2.53. The van der Waals surface area contributed by atoms with E-state index >= 15 is 0 Å². The highest BCUT2D eigenvalue weighted by molar-refractivity contribution is 7.96. The molecule has 0 atom stereocenters. The Balaban J connectivity index is 1.28. The van der Waals surface area contributed by atoms with Gasteiger partial charge in [0.05, 0.1) is 28.6 Å². The average molecular weight is 502 g/mol. The van der Waals surface area contributed by atoms with Crippen molar-refractivity contribution in [1.29, 1.82) is 5.26 Å². The molecule has 3 aromatic rings. The third-order valence-electron chi connectivity index (χ3n) is 6.62. The van der Waals surface area contributed by atoms with E-state index in [9.17, 15) is 5.26 Å². The number of halogens is 2. The van der Waals surface area contributed by atoms with Gasteiger partial charge in [-0.3, -0.25) is 0 Å². The lowest BCUT2D eigenvalue weighted by molar-refractivity contribution is -0.0612. The van der Waals surface area contributed by atoms with Crippen LogP contribution in [0.2, 0.25) is 5.02 Å². The van der Waals surface area contributed by atoms with Crippen molar-refractivity contribution in [1.82, 2.24) is 8.87 Å². The number of alkyl halides is 1. The predicted octanol–water partition coefficient (Wildman–Crippen LogP) is 6.14. The van der Waals surface area contributed by atoms with Crippen molar-refractivity contribution in [2.24, 2.45) is 11.3 Å². The zero-order valence-corrected chi connectivity index (χ0v) is 20.7. The molecule has 5 nitrogen and oxygen atoms in total. The molecule has 0 radical (unpaired) electrons. The van der Waals surface area contributed by atoms with Crippen molar-refractivity contribution in [2.75, 3.05) is 38.4 Å². The van der Waals surface area contributed by atoms with E-state index in [1.54, 1.807) is 12.1 Å². The lowest BCUT2D eigenvalue weighted by atomic mass is 9.59. The second-order valence-corrected chi connectivity index (χ2v) is 10.6. The smallest absolute Gasteiger partial charge is 0.155 e. The van der Waals surface area contributed by atoms with Crippen LogP contribution < -0.4 is 9.47 Å². The van der Waals surface area contributed by atoms with Gasteiger partial charge in [0.1, 0.15) is 18.4 Å². The number of rotatable bonds is 8. The number of hydrogen-bond donors (Lipinski definition) is 0. The van der Waals surface area contributed by atoms with Gasteiger partial charge in [0, 0.05) is 30.4 Å². The average Bonchev–Trinajstić information content (AvgIpc) is 3.19. The Kier molecular flexibility index (Phi) is 6.41. The zero-order chi connectivity index (χ0) is 23.0. The van der Waals surface area contributed by atoms with Crippen LogP contribution in [0, 0.1) is 22.7 Å². The third kappa shape index (κ3) is 4.40. The summed E-state index contributed by atoms with van der Waals surface area (Å²) in [7, 11) is 0. The summed E-state index contributed by atoms with van der Waals surface area (Å²) in [5.41, 5.74) is 2.77. The number of ether oxygens (including phenoxy) is 2. The van der Waals surface area contributed by atoms with Crippen LogP contribution in [0.5, 0.6) is 11.5 Å². The van der Waals surface area contributed by atoms with Gasteiger partial charge in [-0.25, -0.2) is 4.31 Å². The van der Waals surface area contributed by atoms with Crippen molar-refractivity contribution in [2.45, 2.75) is 12.8 Å². The second-order valence-electron chi connectivity index (χ2n) is 8.93. The molecule has 33 heavy (non-hydrogen) atoms. The van der Waals surface area contributed by atoms with Gasteiger partial charge in [-0.2, -0.15) is 5.26 Å². The number of benzene rings is 2. The summed E-state index contributed by atoms with van der Waals surface area (Å²) in [6.45, 7) is 3.52. The van der Waals surface area contributed by atoms with Crippen LogP contribution in [0.25, 0.3) is 16.6 Å². The summed E-state index contributed by atoms with van der Waals surface area (Å²) in [6.07, 6.45) is 6.67. The van der Waals surface area contributed by atoms with Gasteiger partial charge in [0.15, 0.2) is 5.75 Å². The highest BCUT2D eigenvalue weighted by atomic mass is 35.5. The van der Waals surface area contributed by atoms with Gasteiger partial charge in [-0.05, 0) is 66.8 Å². The molecule has 1 spiro atoms. The van der Waals surface area contributed by atoms with Crippen molar-refractivity contribution >= 4 is 46.1 Å². The fourth-order valence-electron chi connectivity index (χ4n) is 5.11. The quantitative estimate of drug-likeness (QED) is 0.274. The van der Waals surface area contributed by atoms with Crippen molar-refractivity contribution in [3.8, 4) is 23.3 Å². The van der Waals surface area contributed by atoms with Crippen LogP contribution in [0.3, 0.4) is 0 Å². The Bertz CT molecular complexity index is 1210. The minimum absolute atomic E-state index is 0.294. The molecule has 0 N–H and O–H groups in total. The molecule has 2 fully saturated rings. The lowest BCUT2D eigenvalue weighted by Crippen LogP contribution is -2.60. The number of nitrogens with zero attached hydrogens (tertiary/aromatic N) is 3. The summed E-state index contributed by atoms with van der Waals surface area (Å²) < 4.78 is 16.1. The Morgan fingerprint density at radius 2 is 2.00 bits per heavy atom. The van der Waals surface area contributed by atoms with E-state index in [0.717, 1.165) is 28.9 Å². The van der Waals surface area contributed by atoms with Gasteiger partial charge in [-0.15, -0.1) is 11.6 Å². The lowest BCUT2D eigenvalue weighted by Gasteiger charge is -2.58. The minimum Gasteiger partial charge on any atom is -0.493 e. The molecule has 172 valence electrons. The zero-order valence-electron chi connectivity index (χ0n) is 18.4. The molecule has 0 amide bonds. The van der Waals surface area contributed by atoms with Crippen molar-refractivity contribution in [3.63, 3.8) is 0 Å². The largest absolute Gasteiger partial charge is 0.493 e. The topological polar surface area (TPSA) is 50.4 Å². The normalized spacial score (nSPS) is 17.5. The number of nitriles is 1. The van der Waals surface area contributed by atoms with Crippen molar-refractivity contribution < 1.29 is 9.47 Å². The number of hydrogen-bond acceptors (Lipinski definition) is 5. The molecular formula is C25H25Cl2N3O2S. The second kappa shape index (κ2) is 9.31. The highest BCUT2D eigenvalue weighted by Gasteiger charge is 2.52. The van der Waals surface area contributed by atoms with E-state index < -0.39 is 0 Å². The van der Waals surface area contributed by atoms with E-state index in [0.29, 0.717) is 40.2 Å². The summed E-state index contributed by atoms with van der Waals surface area (Å²) in [6, 6.07) is 13.9.